The van der Waals surface area contributed by atoms with Gasteiger partial charge in [-0.05, 0) is 82.4 Å². The number of hydrogen-bond acceptors (Lipinski definition) is 4. The third-order valence-electron chi connectivity index (χ3n) is 6.59. The quantitative estimate of drug-likeness (QED) is 0.445. The molecule has 1 atom stereocenters. The Balaban J connectivity index is 1.50. The molecule has 0 spiro atoms. The number of carbonyl (C=O) groups is 2. The first-order chi connectivity index (χ1) is 15.8. The van der Waals surface area contributed by atoms with Crippen LogP contribution in [0.15, 0.2) is 34.7 Å². The third-order valence-corrected chi connectivity index (χ3v) is 8.68. The van der Waals surface area contributed by atoms with Gasteiger partial charge in [0.25, 0.3) is 0 Å². The van der Waals surface area contributed by atoms with Crippen LogP contribution in [0.25, 0.3) is 0 Å². The van der Waals surface area contributed by atoms with Crippen molar-refractivity contribution in [1.29, 1.82) is 0 Å². The first-order valence-corrected chi connectivity index (χ1v) is 13.6. The largest absolute Gasteiger partial charge is 0.348 e. The second kappa shape index (κ2) is 11.8. The number of carbonyl (C=O) groups excluding carboxylic acids is 2. The standard InChI is InChI=1S/C25H37N3O4S/c1-19-11-12-20(2)23(18-19)33(31,32)28-17-7-6-10-22(28)14-16-27-25(30)24(29)26-15-13-21-8-4-3-5-9-21/h8,11-12,18,22H,3-7,9-10,13-17H2,1-2H3,(H,26,29)(H,27,30)/t22-/m0/s1. The zero-order valence-electron chi connectivity index (χ0n) is 19.9. The predicted octanol–water partition coefficient (Wildman–Crippen LogP) is 3.36. The number of rotatable bonds is 8. The van der Waals surface area contributed by atoms with E-state index in [0.717, 1.165) is 49.7 Å². The number of aryl methyl sites for hydroxylation is 2. The summed E-state index contributed by atoms with van der Waals surface area (Å²) in [5.74, 6) is -1.29. The molecule has 2 aliphatic rings. The van der Waals surface area contributed by atoms with Crippen molar-refractivity contribution in [3.63, 3.8) is 0 Å². The van der Waals surface area contributed by atoms with E-state index < -0.39 is 21.8 Å². The highest BCUT2D eigenvalue weighted by Gasteiger charge is 2.34. The van der Waals surface area contributed by atoms with Gasteiger partial charge in [-0.15, -0.1) is 0 Å². The molecule has 1 aliphatic heterocycles. The summed E-state index contributed by atoms with van der Waals surface area (Å²) in [6, 6.07) is 5.29. The summed E-state index contributed by atoms with van der Waals surface area (Å²) in [5.41, 5.74) is 2.99. The van der Waals surface area contributed by atoms with E-state index in [1.54, 1.807) is 10.4 Å². The van der Waals surface area contributed by atoms with E-state index in [2.05, 4.69) is 16.7 Å². The van der Waals surface area contributed by atoms with Crippen LogP contribution in [-0.4, -0.2) is 50.2 Å². The molecule has 1 aliphatic carbocycles. The summed E-state index contributed by atoms with van der Waals surface area (Å²) in [5, 5.41) is 5.35. The SMILES string of the molecule is Cc1ccc(C)c(S(=O)(=O)N2CCCC[C@H]2CCNC(=O)C(=O)NCCC2=CCCCC2)c1. The van der Waals surface area contributed by atoms with E-state index >= 15 is 0 Å². The molecule has 8 heteroatoms. The zero-order valence-corrected chi connectivity index (χ0v) is 20.7. The summed E-state index contributed by atoms with van der Waals surface area (Å²) in [7, 11) is -3.62. The Hall–Kier alpha value is -2.19. The molecule has 2 amide bonds. The topological polar surface area (TPSA) is 95.6 Å². The van der Waals surface area contributed by atoms with Crippen LogP contribution >= 0.6 is 0 Å². The Morgan fingerprint density at radius 1 is 1.03 bits per heavy atom. The van der Waals surface area contributed by atoms with E-state index in [9.17, 15) is 18.0 Å². The highest BCUT2D eigenvalue weighted by atomic mass is 32.2. The van der Waals surface area contributed by atoms with Gasteiger partial charge >= 0.3 is 11.8 Å². The fourth-order valence-electron chi connectivity index (χ4n) is 4.67. The van der Waals surface area contributed by atoms with Crippen molar-refractivity contribution in [2.45, 2.75) is 82.6 Å². The molecular formula is C25H37N3O4S. The molecule has 1 aromatic rings. The lowest BCUT2D eigenvalue weighted by molar-refractivity contribution is -0.139. The van der Waals surface area contributed by atoms with Crippen LogP contribution in [0, 0.1) is 13.8 Å². The molecule has 0 aromatic heterocycles. The van der Waals surface area contributed by atoms with Gasteiger partial charge in [-0.1, -0.05) is 30.2 Å². The highest BCUT2D eigenvalue weighted by molar-refractivity contribution is 7.89. The fourth-order valence-corrected chi connectivity index (χ4v) is 6.71. The van der Waals surface area contributed by atoms with Gasteiger partial charge < -0.3 is 10.6 Å². The first kappa shape index (κ1) is 25.4. The van der Waals surface area contributed by atoms with Crippen molar-refractivity contribution < 1.29 is 18.0 Å². The van der Waals surface area contributed by atoms with Gasteiger partial charge in [-0.3, -0.25) is 9.59 Å². The Morgan fingerprint density at radius 3 is 2.52 bits per heavy atom. The molecule has 0 bridgehead atoms. The number of allylic oxidation sites excluding steroid dienone is 1. The monoisotopic (exact) mass is 475 g/mol. The summed E-state index contributed by atoms with van der Waals surface area (Å²) in [6.45, 7) is 4.90. The molecule has 3 rings (SSSR count). The van der Waals surface area contributed by atoms with Crippen molar-refractivity contribution in [3.8, 4) is 0 Å². The second-order valence-electron chi connectivity index (χ2n) is 9.19. The van der Waals surface area contributed by atoms with Crippen molar-refractivity contribution in [3.05, 3.63) is 41.0 Å². The van der Waals surface area contributed by atoms with Crippen LogP contribution in [0.2, 0.25) is 0 Å². The number of benzene rings is 1. The van der Waals surface area contributed by atoms with Crippen molar-refractivity contribution in [2.75, 3.05) is 19.6 Å². The van der Waals surface area contributed by atoms with Gasteiger partial charge in [0.2, 0.25) is 10.0 Å². The number of hydrogen-bond donors (Lipinski definition) is 2. The van der Waals surface area contributed by atoms with E-state index in [1.165, 1.54) is 18.4 Å². The second-order valence-corrected chi connectivity index (χ2v) is 11.1. The maximum atomic E-state index is 13.4. The lowest BCUT2D eigenvalue weighted by Crippen LogP contribution is -2.46. The first-order valence-electron chi connectivity index (χ1n) is 12.1. The fraction of sp³-hybridized carbons (Fsp3) is 0.600. The van der Waals surface area contributed by atoms with Gasteiger partial charge in [0.05, 0.1) is 4.90 Å². The van der Waals surface area contributed by atoms with Gasteiger partial charge in [0.15, 0.2) is 0 Å². The lowest BCUT2D eigenvalue weighted by atomic mass is 9.97. The van der Waals surface area contributed by atoms with Crippen molar-refractivity contribution in [2.24, 2.45) is 0 Å². The molecule has 0 saturated carbocycles. The van der Waals surface area contributed by atoms with Crippen LogP contribution in [0.3, 0.4) is 0 Å². The van der Waals surface area contributed by atoms with Crippen molar-refractivity contribution in [1.82, 2.24) is 14.9 Å². The maximum Gasteiger partial charge on any atom is 0.309 e. The molecule has 1 fully saturated rings. The Morgan fingerprint density at radius 2 is 1.79 bits per heavy atom. The number of sulfonamides is 1. The molecule has 1 heterocycles. The van der Waals surface area contributed by atoms with E-state index in [-0.39, 0.29) is 12.6 Å². The lowest BCUT2D eigenvalue weighted by Gasteiger charge is -2.35. The average Bonchev–Trinajstić information content (AvgIpc) is 2.81. The molecule has 7 nitrogen and oxygen atoms in total. The number of nitrogens with one attached hydrogen (secondary N) is 2. The smallest absolute Gasteiger partial charge is 0.309 e. The summed E-state index contributed by atoms with van der Waals surface area (Å²) >= 11 is 0. The van der Waals surface area contributed by atoms with E-state index in [0.29, 0.717) is 24.4 Å². The van der Waals surface area contributed by atoms with Crippen LogP contribution in [0.1, 0.15) is 68.9 Å². The van der Waals surface area contributed by atoms with Gasteiger partial charge in [0.1, 0.15) is 0 Å². The molecule has 0 radical (unpaired) electrons. The normalized spacial score (nSPS) is 19.6. The van der Waals surface area contributed by atoms with Crippen LogP contribution in [0.5, 0.6) is 0 Å². The highest BCUT2D eigenvalue weighted by Crippen LogP contribution is 2.29. The number of amides is 2. The van der Waals surface area contributed by atoms with E-state index in [4.69, 9.17) is 0 Å². The van der Waals surface area contributed by atoms with Crippen molar-refractivity contribution >= 4 is 21.8 Å². The number of nitrogens with zero attached hydrogens (tertiary/aromatic N) is 1. The molecule has 182 valence electrons. The van der Waals surface area contributed by atoms with Crippen LogP contribution in [0.4, 0.5) is 0 Å². The maximum absolute atomic E-state index is 13.4. The summed E-state index contributed by atoms with van der Waals surface area (Å²) in [6.07, 6.45) is 10.6. The molecule has 1 saturated heterocycles. The minimum Gasteiger partial charge on any atom is -0.348 e. The molecule has 2 N–H and O–H groups in total. The van der Waals surface area contributed by atoms with Crippen LogP contribution in [-0.2, 0) is 19.6 Å². The van der Waals surface area contributed by atoms with Gasteiger partial charge in [-0.2, -0.15) is 4.31 Å². The molecular weight excluding hydrogens is 438 g/mol. The molecule has 33 heavy (non-hydrogen) atoms. The van der Waals surface area contributed by atoms with E-state index in [1.807, 2.05) is 26.0 Å². The van der Waals surface area contributed by atoms with Gasteiger partial charge in [0, 0.05) is 25.7 Å². The predicted molar refractivity (Wildman–Crippen MR) is 129 cm³/mol. The Labute approximate surface area is 198 Å². The van der Waals surface area contributed by atoms with Gasteiger partial charge in [-0.25, -0.2) is 8.42 Å². The number of piperidine rings is 1. The summed E-state index contributed by atoms with van der Waals surface area (Å²) < 4.78 is 28.4. The minimum atomic E-state index is -3.62. The molecule has 0 unspecified atom stereocenters. The Kier molecular flexibility index (Phi) is 9.09. The minimum absolute atomic E-state index is 0.190. The molecule has 1 aromatic carbocycles. The van der Waals surface area contributed by atoms with Crippen LogP contribution < -0.4 is 10.6 Å². The Bertz CT molecular complexity index is 987. The third kappa shape index (κ3) is 6.90. The zero-order chi connectivity index (χ0) is 23.8. The average molecular weight is 476 g/mol. The summed E-state index contributed by atoms with van der Waals surface area (Å²) in [4.78, 5) is 24.6.